The van der Waals surface area contributed by atoms with Crippen molar-refractivity contribution in [1.29, 1.82) is 0 Å². The second-order valence-corrected chi connectivity index (χ2v) is 11.4. The van der Waals surface area contributed by atoms with Gasteiger partial charge in [0.25, 0.3) is 10.0 Å². The van der Waals surface area contributed by atoms with Gasteiger partial charge in [0.1, 0.15) is 23.3 Å². The smallest absolute Gasteiger partial charge is 0.269 e. The summed E-state index contributed by atoms with van der Waals surface area (Å²) >= 11 is 3.35. The Labute approximate surface area is 213 Å². The van der Waals surface area contributed by atoms with E-state index in [0.29, 0.717) is 20.9 Å². The van der Waals surface area contributed by atoms with E-state index >= 15 is 4.39 Å². The highest BCUT2D eigenvalue weighted by atomic mass is 79.9. The average molecular weight is 596 g/mol. The Kier molecular flexibility index (Phi) is 7.63. The van der Waals surface area contributed by atoms with Gasteiger partial charge in [-0.1, -0.05) is 12.2 Å². The molecule has 1 saturated carbocycles. The zero-order valence-corrected chi connectivity index (χ0v) is 21.5. The van der Waals surface area contributed by atoms with E-state index in [1.54, 1.807) is 6.20 Å². The summed E-state index contributed by atoms with van der Waals surface area (Å²) in [4.78, 5) is -0.960. The van der Waals surface area contributed by atoms with Crippen molar-refractivity contribution in [2.75, 3.05) is 13.8 Å². The van der Waals surface area contributed by atoms with Crippen LogP contribution in [0.15, 0.2) is 57.7 Å². The number of allylic oxidation sites excluding steroid dienone is 4. The number of sulfonamides is 1. The van der Waals surface area contributed by atoms with Gasteiger partial charge in [-0.2, -0.15) is 5.10 Å². The van der Waals surface area contributed by atoms with E-state index in [1.165, 1.54) is 30.0 Å². The molecule has 0 saturated heterocycles. The zero-order chi connectivity index (χ0) is 26.3. The van der Waals surface area contributed by atoms with Crippen LogP contribution in [-0.2, 0) is 14.8 Å². The van der Waals surface area contributed by atoms with Crippen molar-refractivity contribution in [2.24, 2.45) is 0 Å². The topological polar surface area (TPSA) is 64.4 Å². The summed E-state index contributed by atoms with van der Waals surface area (Å²) in [5.41, 5.74) is -0.111. The summed E-state index contributed by atoms with van der Waals surface area (Å²) in [6.45, 7) is -0.656. The Morgan fingerprint density at radius 3 is 2.61 bits per heavy atom. The molecule has 1 fully saturated rings. The van der Waals surface area contributed by atoms with Crippen LogP contribution in [0.25, 0.3) is 0 Å². The fourth-order valence-corrected chi connectivity index (χ4v) is 6.43. The predicted molar refractivity (Wildman–Crippen MR) is 124 cm³/mol. The first-order chi connectivity index (χ1) is 16.9. The molecule has 13 heteroatoms. The summed E-state index contributed by atoms with van der Waals surface area (Å²) in [5, 5.41) is 4.44. The number of hydrogen-bond acceptors (Lipinski definition) is 4. The molecule has 2 aliphatic rings. The summed E-state index contributed by atoms with van der Waals surface area (Å²) < 4.78 is 105. The Hall–Kier alpha value is -2.25. The second-order valence-electron chi connectivity index (χ2n) is 8.68. The van der Waals surface area contributed by atoms with E-state index in [1.807, 2.05) is 0 Å². The van der Waals surface area contributed by atoms with Gasteiger partial charge in [-0.3, -0.25) is 4.68 Å². The zero-order valence-electron chi connectivity index (χ0n) is 19.1. The molecule has 2 unspecified atom stereocenters. The molecule has 1 heterocycles. The van der Waals surface area contributed by atoms with Crippen LogP contribution in [0.2, 0.25) is 0 Å². The average Bonchev–Trinajstić information content (AvgIpc) is 3.20. The molecule has 0 amide bonds. The SMILES string of the molecule is COCN(C1=CC=CC(c2nn(C3CCC(F)(F)CC3)cc2Br)C1F)S(=O)(=O)c1cc(F)ccc1F. The number of hydrogen-bond donors (Lipinski definition) is 0. The molecule has 0 radical (unpaired) electrons. The molecule has 0 bridgehead atoms. The van der Waals surface area contributed by atoms with Crippen LogP contribution in [0.4, 0.5) is 22.0 Å². The molecule has 1 aromatic carbocycles. The van der Waals surface area contributed by atoms with Crippen LogP contribution in [-0.4, -0.2) is 48.4 Å². The van der Waals surface area contributed by atoms with Crippen LogP contribution in [0.1, 0.15) is 43.3 Å². The molecule has 2 aromatic rings. The van der Waals surface area contributed by atoms with Crippen molar-refractivity contribution in [2.45, 2.75) is 54.6 Å². The van der Waals surface area contributed by atoms with Crippen LogP contribution in [0, 0.1) is 11.6 Å². The fourth-order valence-electron chi connectivity index (χ4n) is 4.38. The normalized spacial score (nSPS) is 22.5. The van der Waals surface area contributed by atoms with E-state index in [9.17, 15) is 26.0 Å². The van der Waals surface area contributed by atoms with E-state index < -0.39 is 51.3 Å². The first kappa shape index (κ1) is 26.8. The number of ether oxygens (including phenoxy) is 1. The third kappa shape index (κ3) is 5.23. The lowest BCUT2D eigenvalue weighted by Gasteiger charge is -2.32. The van der Waals surface area contributed by atoms with Crippen molar-refractivity contribution in [1.82, 2.24) is 14.1 Å². The quantitative estimate of drug-likeness (QED) is 0.298. The van der Waals surface area contributed by atoms with Crippen molar-refractivity contribution >= 4 is 26.0 Å². The molecular weight excluding hydrogens is 573 g/mol. The first-order valence-corrected chi connectivity index (χ1v) is 13.3. The summed E-state index contributed by atoms with van der Waals surface area (Å²) in [7, 11) is -3.56. The van der Waals surface area contributed by atoms with Gasteiger partial charge in [0.05, 0.1) is 27.8 Å². The molecule has 4 rings (SSSR count). The lowest BCUT2D eigenvalue weighted by atomic mass is 9.92. The maximum atomic E-state index is 15.9. The highest BCUT2D eigenvalue weighted by molar-refractivity contribution is 9.10. The third-order valence-electron chi connectivity index (χ3n) is 6.27. The summed E-state index contributed by atoms with van der Waals surface area (Å²) in [6.07, 6.45) is 3.65. The molecule has 196 valence electrons. The van der Waals surface area contributed by atoms with Gasteiger partial charge < -0.3 is 4.74 Å². The molecule has 0 N–H and O–H groups in total. The van der Waals surface area contributed by atoms with E-state index in [4.69, 9.17) is 4.74 Å². The van der Waals surface area contributed by atoms with Gasteiger partial charge in [-0.25, -0.2) is 34.7 Å². The molecule has 0 aliphatic heterocycles. The standard InChI is InChI=1S/C23H23BrF5N3O3S/c1-35-13-32(36(33,34)20-11-14(25)5-6-18(20)26)19-4-2-3-16(21(19)27)22-17(24)12-31(30-22)15-7-9-23(28,29)10-8-15/h2-6,11-12,15-16,21H,7-10,13H2,1H3. The number of benzene rings is 1. The lowest BCUT2D eigenvalue weighted by molar-refractivity contribution is -0.0450. The predicted octanol–water partition coefficient (Wildman–Crippen LogP) is 5.84. The molecule has 1 aromatic heterocycles. The van der Waals surface area contributed by atoms with Crippen LogP contribution in [0.5, 0.6) is 0 Å². The van der Waals surface area contributed by atoms with E-state index in [2.05, 4.69) is 21.0 Å². The van der Waals surface area contributed by atoms with Crippen LogP contribution in [0.3, 0.4) is 0 Å². The van der Waals surface area contributed by atoms with Gasteiger partial charge in [0, 0.05) is 26.1 Å². The van der Waals surface area contributed by atoms with Gasteiger partial charge >= 0.3 is 0 Å². The molecular formula is C23H23BrF5N3O3S. The molecule has 2 atom stereocenters. The molecule has 0 spiro atoms. The van der Waals surface area contributed by atoms with E-state index in [0.717, 1.165) is 6.07 Å². The number of halogens is 6. The minimum absolute atomic E-state index is 0.213. The lowest BCUT2D eigenvalue weighted by Crippen LogP contribution is -2.38. The number of nitrogens with zero attached hydrogens (tertiary/aromatic N) is 3. The summed E-state index contributed by atoms with van der Waals surface area (Å²) in [6, 6.07) is 1.68. The van der Waals surface area contributed by atoms with Gasteiger partial charge in [-0.05, 0) is 53.0 Å². The largest absolute Gasteiger partial charge is 0.363 e. The Balaban J connectivity index is 1.64. The molecule has 36 heavy (non-hydrogen) atoms. The minimum atomic E-state index is -4.74. The minimum Gasteiger partial charge on any atom is -0.363 e. The van der Waals surface area contributed by atoms with Crippen molar-refractivity contribution in [3.05, 3.63) is 70.1 Å². The third-order valence-corrected chi connectivity index (χ3v) is 8.65. The fraction of sp³-hybridized carbons (Fsp3) is 0.435. The second kappa shape index (κ2) is 10.3. The maximum absolute atomic E-state index is 15.9. The van der Waals surface area contributed by atoms with Crippen molar-refractivity contribution in [3.63, 3.8) is 0 Å². The number of aromatic nitrogens is 2. The van der Waals surface area contributed by atoms with Gasteiger partial charge in [0.2, 0.25) is 5.92 Å². The molecule has 2 aliphatic carbocycles. The van der Waals surface area contributed by atoms with Gasteiger partial charge in [-0.15, -0.1) is 0 Å². The number of alkyl halides is 3. The first-order valence-electron chi connectivity index (χ1n) is 11.1. The monoisotopic (exact) mass is 595 g/mol. The highest BCUT2D eigenvalue weighted by Gasteiger charge is 2.40. The molecule has 6 nitrogen and oxygen atoms in total. The Morgan fingerprint density at radius 2 is 1.94 bits per heavy atom. The highest BCUT2D eigenvalue weighted by Crippen LogP contribution is 2.41. The maximum Gasteiger partial charge on any atom is 0.269 e. The van der Waals surface area contributed by atoms with Crippen molar-refractivity contribution < 1.29 is 35.1 Å². The number of methoxy groups -OCH3 is 1. The van der Waals surface area contributed by atoms with Crippen LogP contribution >= 0.6 is 15.9 Å². The number of rotatable bonds is 7. The van der Waals surface area contributed by atoms with Crippen molar-refractivity contribution in [3.8, 4) is 0 Å². The van der Waals surface area contributed by atoms with E-state index in [-0.39, 0.29) is 43.1 Å². The Bertz CT molecular complexity index is 1290. The van der Waals surface area contributed by atoms with Crippen LogP contribution < -0.4 is 0 Å². The Morgan fingerprint density at radius 1 is 1.25 bits per heavy atom. The summed E-state index contributed by atoms with van der Waals surface area (Å²) in [5.74, 6) is -5.93. The van der Waals surface area contributed by atoms with Gasteiger partial charge in [0.15, 0.2) is 6.17 Å².